The summed E-state index contributed by atoms with van der Waals surface area (Å²) in [6.45, 7) is 2.12. The molecule has 18 heavy (non-hydrogen) atoms. The molecule has 0 aliphatic heterocycles. The van der Waals surface area contributed by atoms with Crippen molar-refractivity contribution in [1.82, 2.24) is 9.78 Å². The Morgan fingerprint density at radius 2 is 2.28 bits per heavy atom. The largest absolute Gasteiger partial charge is 0.496 e. The lowest BCUT2D eigenvalue weighted by atomic mass is 10.1. The molecule has 4 nitrogen and oxygen atoms in total. The third-order valence-corrected chi connectivity index (χ3v) is 3.03. The second-order valence-electron chi connectivity index (χ2n) is 3.94. The van der Waals surface area contributed by atoms with Gasteiger partial charge in [0.15, 0.2) is 5.78 Å². The maximum atomic E-state index is 11.4. The highest BCUT2D eigenvalue weighted by molar-refractivity contribution is 9.10. The lowest BCUT2D eigenvalue weighted by Crippen LogP contribution is -2.04. The summed E-state index contributed by atoms with van der Waals surface area (Å²) in [4.78, 5) is 11.4. The van der Waals surface area contributed by atoms with E-state index in [1.807, 2.05) is 18.3 Å². The van der Waals surface area contributed by atoms with E-state index in [2.05, 4.69) is 21.0 Å². The van der Waals surface area contributed by atoms with E-state index in [-0.39, 0.29) is 5.78 Å². The number of ketones is 1. The number of hydrogen-bond acceptors (Lipinski definition) is 3. The Hall–Kier alpha value is -1.62. The molecule has 0 amide bonds. The number of halogens is 1. The maximum absolute atomic E-state index is 11.4. The number of rotatable bonds is 4. The van der Waals surface area contributed by atoms with Crippen molar-refractivity contribution < 1.29 is 9.53 Å². The SMILES string of the molecule is COc1ccc(C(C)=O)cc1Cn1cc(Br)cn1. The monoisotopic (exact) mass is 308 g/mol. The number of hydrogen-bond donors (Lipinski definition) is 0. The van der Waals surface area contributed by atoms with Crippen molar-refractivity contribution in [1.29, 1.82) is 0 Å². The van der Waals surface area contributed by atoms with E-state index >= 15 is 0 Å². The topological polar surface area (TPSA) is 44.1 Å². The highest BCUT2D eigenvalue weighted by atomic mass is 79.9. The number of carbonyl (C=O) groups is 1. The molecule has 1 aromatic carbocycles. The first kappa shape index (κ1) is 12.8. The molecule has 5 heteroatoms. The Bertz CT molecular complexity index is 578. The number of nitrogens with zero attached hydrogens (tertiary/aromatic N) is 2. The minimum Gasteiger partial charge on any atom is -0.496 e. The van der Waals surface area contributed by atoms with Gasteiger partial charge in [-0.2, -0.15) is 5.10 Å². The predicted octanol–water partition coefficient (Wildman–Crippen LogP) is 2.91. The normalized spacial score (nSPS) is 10.4. The van der Waals surface area contributed by atoms with Crippen LogP contribution < -0.4 is 4.74 Å². The summed E-state index contributed by atoms with van der Waals surface area (Å²) < 4.78 is 8.00. The van der Waals surface area contributed by atoms with Crippen molar-refractivity contribution in [2.45, 2.75) is 13.5 Å². The molecule has 0 radical (unpaired) electrons. The highest BCUT2D eigenvalue weighted by Crippen LogP contribution is 2.21. The van der Waals surface area contributed by atoms with Gasteiger partial charge in [-0.1, -0.05) is 0 Å². The van der Waals surface area contributed by atoms with Crippen molar-refractivity contribution in [3.8, 4) is 5.75 Å². The molecule has 0 spiro atoms. The highest BCUT2D eigenvalue weighted by Gasteiger charge is 2.08. The Morgan fingerprint density at radius 1 is 1.50 bits per heavy atom. The Labute approximate surface area is 114 Å². The van der Waals surface area contributed by atoms with Crippen LogP contribution in [0.25, 0.3) is 0 Å². The first-order valence-corrected chi connectivity index (χ1v) is 6.25. The summed E-state index contributed by atoms with van der Waals surface area (Å²) in [6, 6.07) is 5.42. The summed E-state index contributed by atoms with van der Waals surface area (Å²) in [7, 11) is 1.62. The van der Waals surface area contributed by atoms with Crippen LogP contribution in [0.5, 0.6) is 5.75 Å². The van der Waals surface area contributed by atoms with Crippen LogP contribution in [0.2, 0.25) is 0 Å². The minimum atomic E-state index is 0.0422. The number of carbonyl (C=O) groups excluding carboxylic acids is 1. The van der Waals surface area contributed by atoms with Crippen LogP contribution in [0.15, 0.2) is 35.1 Å². The van der Waals surface area contributed by atoms with Crippen molar-refractivity contribution in [3.63, 3.8) is 0 Å². The number of ether oxygens (including phenoxy) is 1. The van der Waals surface area contributed by atoms with Gasteiger partial charge in [0, 0.05) is 17.3 Å². The smallest absolute Gasteiger partial charge is 0.159 e. The van der Waals surface area contributed by atoms with Crippen molar-refractivity contribution in [3.05, 3.63) is 46.2 Å². The van der Waals surface area contributed by atoms with Crippen LogP contribution in [0.4, 0.5) is 0 Å². The molecule has 0 atom stereocenters. The quantitative estimate of drug-likeness (QED) is 0.816. The molecule has 0 aliphatic rings. The zero-order chi connectivity index (χ0) is 13.1. The van der Waals surface area contributed by atoms with Gasteiger partial charge in [-0.3, -0.25) is 9.48 Å². The molecule has 2 rings (SSSR count). The molecule has 0 saturated heterocycles. The van der Waals surface area contributed by atoms with Crippen LogP contribution in [0.3, 0.4) is 0 Å². The van der Waals surface area contributed by atoms with Gasteiger partial charge in [0.1, 0.15) is 5.75 Å². The number of methoxy groups -OCH3 is 1. The zero-order valence-corrected chi connectivity index (χ0v) is 11.8. The minimum absolute atomic E-state index is 0.0422. The molecule has 2 aromatic rings. The summed E-state index contributed by atoms with van der Waals surface area (Å²) in [5.74, 6) is 0.798. The zero-order valence-electron chi connectivity index (χ0n) is 10.2. The summed E-state index contributed by atoms with van der Waals surface area (Å²) in [5.41, 5.74) is 1.61. The van der Waals surface area contributed by atoms with E-state index in [1.54, 1.807) is 31.0 Å². The van der Waals surface area contributed by atoms with Crippen LogP contribution in [-0.2, 0) is 6.54 Å². The fourth-order valence-corrected chi connectivity index (χ4v) is 2.05. The Kier molecular flexibility index (Phi) is 3.81. The van der Waals surface area contributed by atoms with Crippen LogP contribution in [0.1, 0.15) is 22.8 Å². The summed E-state index contributed by atoms with van der Waals surface area (Å²) >= 11 is 3.35. The number of benzene rings is 1. The van der Waals surface area contributed by atoms with Gasteiger partial charge >= 0.3 is 0 Å². The maximum Gasteiger partial charge on any atom is 0.159 e. The third kappa shape index (κ3) is 2.79. The fourth-order valence-electron chi connectivity index (χ4n) is 1.72. The molecule has 0 fully saturated rings. The summed E-state index contributed by atoms with van der Waals surface area (Å²) in [6.07, 6.45) is 3.60. The lowest BCUT2D eigenvalue weighted by molar-refractivity contribution is 0.101. The standard InChI is InChI=1S/C13H13BrN2O2/c1-9(17)10-3-4-13(18-2)11(5-10)7-16-8-12(14)6-15-16/h3-6,8H,7H2,1-2H3. The third-order valence-electron chi connectivity index (χ3n) is 2.62. The van der Waals surface area contributed by atoms with Gasteiger partial charge in [-0.25, -0.2) is 0 Å². The van der Waals surface area contributed by atoms with E-state index in [0.717, 1.165) is 15.8 Å². The van der Waals surface area contributed by atoms with Crippen molar-refractivity contribution in [2.75, 3.05) is 7.11 Å². The molecule has 0 aliphatic carbocycles. The number of Topliss-reactive ketones (excluding diaryl/α,β-unsaturated/α-hetero) is 1. The molecule has 0 saturated carbocycles. The second kappa shape index (κ2) is 5.35. The van der Waals surface area contributed by atoms with Crippen molar-refractivity contribution in [2.24, 2.45) is 0 Å². The van der Waals surface area contributed by atoms with Gasteiger partial charge in [-0.15, -0.1) is 0 Å². The van der Waals surface area contributed by atoms with Gasteiger partial charge in [-0.05, 0) is 41.1 Å². The van der Waals surface area contributed by atoms with Crippen LogP contribution >= 0.6 is 15.9 Å². The molecule has 1 heterocycles. The van der Waals surface area contributed by atoms with E-state index in [0.29, 0.717) is 12.1 Å². The molecule has 0 unspecified atom stereocenters. The van der Waals surface area contributed by atoms with Gasteiger partial charge in [0.05, 0.1) is 24.3 Å². The average Bonchev–Trinajstić information content (AvgIpc) is 2.74. The molecule has 94 valence electrons. The molecule has 1 aromatic heterocycles. The predicted molar refractivity (Wildman–Crippen MR) is 72.0 cm³/mol. The van der Waals surface area contributed by atoms with Gasteiger partial charge < -0.3 is 4.74 Å². The summed E-state index contributed by atoms with van der Waals surface area (Å²) in [5, 5.41) is 4.19. The van der Waals surface area contributed by atoms with Crippen molar-refractivity contribution >= 4 is 21.7 Å². The molecule has 0 bridgehead atoms. The van der Waals surface area contributed by atoms with Crippen LogP contribution in [-0.4, -0.2) is 22.7 Å². The van der Waals surface area contributed by atoms with E-state index < -0.39 is 0 Å². The average molecular weight is 309 g/mol. The first-order valence-electron chi connectivity index (χ1n) is 5.46. The second-order valence-corrected chi connectivity index (χ2v) is 4.85. The number of aromatic nitrogens is 2. The lowest BCUT2D eigenvalue weighted by Gasteiger charge is -2.10. The molecule has 0 N–H and O–H groups in total. The first-order chi connectivity index (χ1) is 8.60. The molecular weight excluding hydrogens is 296 g/mol. The van der Waals surface area contributed by atoms with E-state index in [9.17, 15) is 4.79 Å². The fraction of sp³-hybridized carbons (Fsp3) is 0.231. The molecular formula is C13H13BrN2O2. The van der Waals surface area contributed by atoms with E-state index in [1.165, 1.54) is 0 Å². The Morgan fingerprint density at radius 3 is 2.83 bits per heavy atom. The van der Waals surface area contributed by atoms with Gasteiger partial charge in [0.2, 0.25) is 0 Å². The van der Waals surface area contributed by atoms with Crippen LogP contribution in [0, 0.1) is 0 Å². The Balaban J connectivity index is 2.35. The van der Waals surface area contributed by atoms with E-state index in [4.69, 9.17) is 4.74 Å². The van der Waals surface area contributed by atoms with Gasteiger partial charge in [0.25, 0.3) is 0 Å².